The average Bonchev–Trinajstić information content (AvgIpc) is 2.56. The maximum atomic E-state index is 12.4. The van der Waals surface area contributed by atoms with Gasteiger partial charge in [0.05, 0.1) is 16.8 Å². The van der Waals surface area contributed by atoms with Crippen LogP contribution in [0.15, 0.2) is 72.0 Å². The fourth-order valence-electron chi connectivity index (χ4n) is 1.93. The molecule has 0 atom stereocenters. The first-order chi connectivity index (χ1) is 11.5. The van der Waals surface area contributed by atoms with Crippen LogP contribution in [0.1, 0.15) is 0 Å². The highest BCUT2D eigenvalue weighted by Crippen LogP contribution is 2.24. The Labute approximate surface area is 144 Å². The molecule has 0 saturated carbocycles. The van der Waals surface area contributed by atoms with Gasteiger partial charge in [0.2, 0.25) is 5.88 Å². The molecule has 8 heteroatoms. The summed E-state index contributed by atoms with van der Waals surface area (Å²) in [5.74, 6) is 0.745. The number of benzene rings is 2. The van der Waals surface area contributed by atoms with Crippen LogP contribution in [-0.2, 0) is 10.0 Å². The lowest BCUT2D eigenvalue weighted by Gasteiger charge is -2.10. The molecule has 0 bridgehead atoms. The van der Waals surface area contributed by atoms with E-state index in [2.05, 4.69) is 14.7 Å². The zero-order valence-electron chi connectivity index (χ0n) is 12.3. The molecule has 6 nitrogen and oxygen atoms in total. The second-order valence-electron chi connectivity index (χ2n) is 4.74. The largest absolute Gasteiger partial charge is 0.437 e. The van der Waals surface area contributed by atoms with Gasteiger partial charge < -0.3 is 4.74 Å². The highest BCUT2D eigenvalue weighted by molar-refractivity contribution is 7.92. The Bertz CT molecular complexity index is 950. The van der Waals surface area contributed by atoms with E-state index >= 15 is 0 Å². The molecule has 3 rings (SSSR count). The third-order valence-corrected chi connectivity index (χ3v) is 4.57. The van der Waals surface area contributed by atoms with Crippen LogP contribution in [0.3, 0.4) is 0 Å². The molecule has 0 aliphatic heterocycles. The lowest BCUT2D eigenvalue weighted by Crippen LogP contribution is -2.12. The highest BCUT2D eigenvalue weighted by Gasteiger charge is 2.14. The van der Waals surface area contributed by atoms with Crippen LogP contribution in [0.25, 0.3) is 0 Å². The zero-order chi connectivity index (χ0) is 17.0. The van der Waals surface area contributed by atoms with Crippen LogP contribution < -0.4 is 9.46 Å². The zero-order valence-corrected chi connectivity index (χ0v) is 13.8. The number of rotatable bonds is 5. The van der Waals surface area contributed by atoms with Crippen molar-refractivity contribution in [1.82, 2.24) is 9.97 Å². The van der Waals surface area contributed by atoms with E-state index in [1.807, 2.05) is 0 Å². The van der Waals surface area contributed by atoms with Crippen molar-refractivity contribution in [3.05, 3.63) is 72.1 Å². The van der Waals surface area contributed by atoms with Gasteiger partial charge in [-0.25, -0.2) is 13.4 Å². The van der Waals surface area contributed by atoms with Gasteiger partial charge in [-0.1, -0.05) is 23.7 Å². The summed E-state index contributed by atoms with van der Waals surface area (Å²) < 4.78 is 32.8. The summed E-state index contributed by atoms with van der Waals surface area (Å²) in [5, 5.41) is 0.345. The van der Waals surface area contributed by atoms with E-state index in [1.54, 1.807) is 36.4 Å². The molecule has 122 valence electrons. The van der Waals surface area contributed by atoms with E-state index in [9.17, 15) is 8.42 Å². The summed E-state index contributed by atoms with van der Waals surface area (Å²) >= 11 is 5.84. The molecular formula is C16H12ClN3O3S. The Balaban J connectivity index is 1.82. The van der Waals surface area contributed by atoms with Gasteiger partial charge in [0.15, 0.2) is 0 Å². The van der Waals surface area contributed by atoms with Gasteiger partial charge in [0.1, 0.15) is 5.75 Å². The molecule has 1 N–H and O–H groups in total. The van der Waals surface area contributed by atoms with Crippen molar-refractivity contribution < 1.29 is 13.2 Å². The van der Waals surface area contributed by atoms with Crippen LogP contribution in [0, 0.1) is 0 Å². The molecule has 1 heterocycles. The highest BCUT2D eigenvalue weighted by atomic mass is 35.5. The summed E-state index contributed by atoms with van der Waals surface area (Å²) in [4.78, 5) is 7.98. The number of hydrogen-bond donors (Lipinski definition) is 1. The number of hydrogen-bond acceptors (Lipinski definition) is 5. The molecule has 1 aromatic heterocycles. The first-order valence-corrected chi connectivity index (χ1v) is 8.71. The minimum absolute atomic E-state index is 0.0789. The summed E-state index contributed by atoms with van der Waals surface area (Å²) in [6, 6.07) is 12.5. The fraction of sp³-hybridized carbons (Fsp3) is 0. The predicted molar refractivity (Wildman–Crippen MR) is 90.8 cm³/mol. The van der Waals surface area contributed by atoms with Crippen molar-refractivity contribution in [2.45, 2.75) is 4.90 Å². The van der Waals surface area contributed by atoms with Crippen LogP contribution in [0.2, 0.25) is 5.02 Å². The summed E-state index contributed by atoms with van der Waals surface area (Å²) in [7, 11) is -3.74. The van der Waals surface area contributed by atoms with E-state index in [-0.39, 0.29) is 4.90 Å². The normalized spacial score (nSPS) is 11.0. The van der Waals surface area contributed by atoms with E-state index in [0.717, 1.165) is 0 Å². The molecule has 0 fully saturated rings. The molecule has 0 aliphatic carbocycles. The second-order valence-corrected chi connectivity index (χ2v) is 6.86. The summed E-state index contributed by atoms with van der Waals surface area (Å²) in [5.41, 5.74) is 0.358. The molecule has 0 amide bonds. The molecule has 0 spiro atoms. The molecule has 0 unspecified atom stereocenters. The summed E-state index contributed by atoms with van der Waals surface area (Å²) in [6.07, 6.45) is 4.49. The average molecular weight is 362 g/mol. The van der Waals surface area contributed by atoms with E-state index in [0.29, 0.717) is 22.3 Å². The smallest absolute Gasteiger partial charge is 0.261 e. The van der Waals surface area contributed by atoms with Gasteiger partial charge in [0, 0.05) is 23.5 Å². The first kappa shape index (κ1) is 16.2. The van der Waals surface area contributed by atoms with Gasteiger partial charge >= 0.3 is 0 Å². The van der Waals surface area contributed by atoms with Crippen LogP contribution in [0.4, 0.5) is 5.69 Å². The van der Waals surface area contributed by atoms with Gasteiger partial charge in [-0.3, -0.25) is 9.71 Å². The predicted octanol–water partition coefficient (Wildman–Crippen LogP) is 3.72. The minimum atomic E-state index is -3.74. The Hall–Kier alpha value is -2.64. The number of halogens is 1. The van der Waals surface area contributed by atoms with Crippen molar-refractivity contribution in [2.75, 3.05) is 4.72 Å². The second kappa shape index (κ2) is 6.86. The quantitative estimate of drug-likeness (QED) is 0.749. The Morgan fingerprint density at radius 2 is 1.88 bits per heavy atom. The van der Waals surface area contributed by atoms with E-state index in [4.69, 9.17) is 16.3 Å². The number of aromatic nitrogens is 2. The minimum Gasteiger partial charge on any atom is -0.437 e. The summed E-state index contributed by atoms with van der Waals surface area (Å²) in [6.45, 7) is 0. The number of anilines is 1. The molecule has 24 heavy (non-hydrogen) atoms. The van der Waals surface area contributed by atoms with Gasteiger partial charge in [-0.15, -0.1) is 0 Å². The number of sulfonamides is 1. The lowest BCUT2D eigenvalue weighted by atomic mass is 10.3. The molecule has 2 aromatic carbocycles. The first-order valence-electron chi connectivity index (χ1n) is 6.85. The van der Waals surface area contributed by atoms with Crippen molar-refractivity contribution in [1.29, 1.82) is 0 Å². The van der Waals surface area contributed by atoms with Gasteiger partial charge in [-0.2, -0.15) is 0 Å². The van der Waals surface area contributed by atoms with Crippen molar-refractivity contribution in [3.8, 4) is 11.6 Å². The Morgan fingerprint density at radius 3 is 2.62 bits per heavy atom. The third kappa shape index (κ3) is 4.01. The molecule has 0 saturated heterocycles. The van der Waals surface area contributed by atoms with Crippen LogP contribution in [-0.4, -0.2) is 18.4 Å². The van der Waals surface area contributed by atoms with Gasteiger partial charge in [-0.05, 0) is 30.3 Å². The van der Waals surface area contributed by atoms with Crippen molar-refractivity contribution in [3.63, 3.8) is 0 Å². The standard InChI is InChI=1S/C16H12ClN3O3S/c17-12-3-1-6-15(9-12)24(21,22)20-13-4-2-5-14(10-13)23-16-11-18-7-8-19-16/h1-11,20H. The van der Waals surface area contributed by atoms with Gasteiger partial charge in [0.25, 0.3) is 10.0 Å². The Morgan fingerprint density at radius 1 is 1.04 bits per heavy atom. The molecule has 0 radical (unpaired) electrons. The van der Waals surface area contributed by atoms with Crippen LogP contribution in [0.5, 0.6) is 11.6 Å². The Kier molecular flexibility index (Phi) is 4.64. The van der Waals surface area contributed by atoms with Crippen molar-refractivity contribution >= 4 is 27.3 Å². The maximum Gasteiger partial charge on any atom is 0.261 e. The molecule has 3 aromatic rings. The SMILES string of the molecule is O=S(=O)(Nc1cccc(Oc2cnccn2)c1)c1cccc(Cl)c1. The van der Waals surface area contributed by atoms with Crippen molar-refractivity contribution in [2.24, 2.45) is 0 Å². The van der Waals surface area contributed by atoms with E-state index in [1.165, 1.54) is 30.7 Å². The lowest BCUT2D eigenvalue weighted by molar-refractivity contribution is 0.460. The van der Waals surface area contributed by atoms with E-state index < -0.39 is 10.0 Å². The monoisotopic (exact) mass is 361 g/mol. The fourth-order valence-corrected chi connectivity index (χ4v) is 3.28. The maximum absolute atomic E-state index is 12.4. The number of nitrogens with one attached hydrogen (secondary N) is 1. The third-order valence-electron chi connectivity index (χ3n) is 2.95. The number of nitrogens with zero attached hydrogens (tertiary/aromatic N) is 2. The topological polar surface area (TPSA) is 81.2 Å². The van der Waals surface area contributed by atoms with Crippen LogP contribution >= 0.6 is 11.6 Å². The molecular weight excluding hydrogens is 350 g/mol. The molecule has 0 aliphatic rings. The number of ether oxygens (including phenoxy) is 1.